The quantitative estimate of drug-likeness (QED) is 0.0655. The van der Waals surface area contributed by atoms with Gasteiger partial charge >= 0.3 is 75.4 Å². The Hall–Kier alpha value is -7.39. The van der Waals surface area contributed by atoms with Crippen LogP contribution in [-0.2, 0) is 4.79 Å². The standard InChI is InChI=1S/C36H23N18O7.4Li/c1-16-28(45-47-32-22(11-37)12-43-51(32)23-5-18(14-55)4-19(7-23)34(56)57)30(38)53(49-16)26-10-27(42-15-41-26)54-31(39)29(17(2)50-54)46-48-33-25(40-3)13-44-52(33)24-8-20(35(58)59)6-21(9-24)36(60)61;;;;/h4-10,12-13,15H,38-39H2,1-2H3,(H,56,57)(H,58,59)(H,60,61);;;;/q-1;4*+1/p-3. The van der Waals surface area contributed by atoms with Crippen LogP contribution in [0.4, 0.5) is 40.3 Å². The van der Waals surface area contributed by atoms with Crippen molar-refractivity contribution in [2.24, 2.45) is 20.5 Å². The normalized spacial score (nSPS) is 10.5. The maximum atomic E-state index is 11.6. The van der Waals surface area contributed by atoms with Gasteiger partial charge in [0.05, 0.1) is 60.2 Å². The molecule has 0 saturated carbocycles. The molecule has 2 aromatic carbocycles. The minimum atomic E-state index is -1.67. The summed E-state index contributed by atoms with van der Waals surface area (Å²) in [6.07, 6.45) is 5.07. The van der Waals surface area contributed by atoms with Crippen molar-refractivity contribution >= 4 is 64.5 Å². The van der Waals surface area contributed by atoms with Crippen LogP contribution in [0.25, 0.3) is 27.9 Å². The van der Waals surface area contributed by atoms with E-state index in [2.05, 4.69) is 55.7 Å². The molecule has 0 fully saturated rings. The fourth-order valence-electron chi connectivity index (χ4n) is 5.71. The first kappa shape index (κ1) is 52.0. The number of benzene rings is 2. The summed E-state index contributed by atoms with van der Waals surface area (Å²) in [6.45, 7) is 10.7. The van der Waals surface area contributed by atoms with Gasteiger partial charge in [0.15, 0.2) is 46.3 Å². The van der Waals surface area contributed by atoms with Gasteiger partial charge in [-0.25, -0.2) is 24.2 Å². The van der Waals surface area contributed by atoms with Gasteiger partial charge in [0.25, 0.3) is 5.69 Å². The van der Waals surface area contributed by atoms with Crippen LogP contribution < -0.4 is 102 Å². The number of anilines is 2. The average molecular weight is 844 g/mol. The van der Waals surface area contributed by atoms with Gasteiger partial charge in [-0.05, 0) is 43.2 Å². The van der Waals surface area contributed by atoms with Crippen LogP contribution in [0.15, 0.2) is 81.6 Å². The molecule has 0 saturated heterocycles. The summed E-state index contributed by atoms with van der Waals surface area (Å²) >= 11 is 0. The van der Waals surface area contributed by atoms with E-state index in [0.29, 0.717) is 0 Å². The molecule has 0 aliphatic carbocycles. The van der Waals surface area contributed by atoms with Gasteiger partial charge in [0.1, 0.15) is 18.0 Å². The summed E-state index contributed by atoms with van der Waals surface area (Å²) in [6, 6.07) is 9.83. The Bertz CT molecular complexity index is 3130. The zero-order valence-electron chi connectivity index (χ0n) is 34.9. The SMILES string of the molecule is [C-]#[N+]c1cnn(-c2cc(C(=O)[O-])cc(C(=O)[O-])c2)c1N=Nc1c(C)nn(-c2cc(-n3nc(C)c(N=Nc4c(C#N)cnn4-c4cc([C-]=O)cc(C(=O)[O-])c4)c3N)ncn2)c1N.[Li+].[Li+].[Li+].[Li+]. The number of nitrogens with two attached hydrogens (primary N) is 2. The minimum Gasteiger partial charge on any atom is -0.546 e. The molecule has 4 N–H and O–H groups in total. The third-order valence-corrected chi connectivity index (χ3v) is 8.55. The van der Waals surface area contributed by atoms with Crippen molar-refractivity contribution in [3.63, 3.8) is 0 Å². The number of hydrogen-bond donors (Lipinski definition) is 2. The van der Waals surface area contributed by atoms with E-state index in [1.807, 2.05) is 6.07 Å². The van der Waals surface area contributed by atoms with E-state index in [9.17, 15) is 39.8 Å². The van der Waals surface area contributed by atoms with E-state index < -0.39 is 29.0 Å². The second-order valence-corrected chi connectivity index (χ2v) is 12.4. The molecule has 29 heteroatoms. The Kier molecular flexibility index (Phi) is 17.0. The molecule has 0 aliphatic heterocycles. The number of aromatic carboxylic acids is 3. The number of carbonyl (C=O) groups is 3. The zero-order valence-corrected chi connectivity index (χ0v) is 34.9. The summed E-state index contributed by atoms with van der Waals surface area (Å²) in [5, 5.41) is 78.2. The molecule has 0 amide bonds. The predicted molar refractivity (Wildman–Crippen MR) is 199 cm³/mol. The number of azo groups is 2. The average Bonchev–Trinajstić information content (AvgIpc) is 4.01. The summed E-state index contributed by atoms with van der Waals surface area (Å²) < 4.78 is 4.52. The van der Waals surface area contributed by atoms with Crippen molar-refractivity contribution in [1.29, 1.82) is 5.26 Å². The van der Waals surface area contributed by atoms with Crippen molar-refractivity contribution in [1.82, 2.24) is 49.1 Å². The molecule has 0 aliphatic rings. The first-order valence-corrected chi connectivity index (χ1v) is 16.9. The van der Waals surface area contributed by atoms with Crippen molar-refractivity contribution < 1.29 is 110 Å². The summed E-state index contributed by atoms with van der Waals surface area (Å²) in [4.78, 5) is 58.0. The topological polar surface area (TPSA) is 364 Å². The molecule has 0 atom stereocenters. The van der Waals surface area contributed by atoms with Gasteiger partial charge < -0.3 is 46.0 Å². The molecule has 5 aromatic heterocycles. The van der Waals surface area contributed by atoms with Gasteiger partial charge in [0.2, 0.25) is 0 Å². The number of rotatable bonds is 12. The van der Waals surface area contributed by atoms with Gasteiger partial charge in [-0.1, -0.05) is 11.6 Å². The van der Waals surface area contributed by atoms with E-state index in [1.165, 1.54) is 34.0 Å². The zero-order chi connectivity index (χ0) is 43.7. The predicted octanol–water partition coefficient (Wildman–Crippen LogP) is -11.2. The first-order valence-electron chi connectivity index (χ1n) is 16.9. The molecule has 25 nitrogen and oxygen atoms in total. The number of aryl methyl sites for hydroxylation is 2. The molecule has 0 spiro atoms. The molecule has 7 rings (SSSR count). The monoisotopic (exact) mass is 844 g/mol. The van der Waals surface area contributed by atoms with Crippen LogP contribution in [-0.4, -0.2) is 73.3 Å². The van der Waals surface area contributed by atoms with E-state index in [1.54, 1.807) is 20.1 Å². The minimum absolute atomic E-state index is 0. The summed E-state index contributed by atoms with van der Waals surface area (Å²) in [7, 11) is 0. The third kappa shape index (κ3) is 10.2. The van der Waals surface area contributed by atoms with E-state index in [4.69, 9.17) is 18.0 Å². The fraction of sp³-hybridized carbons (Fsp3) is 0.0556. The molecular weight excluding hydrogens is 824 g/mol. The van der Waals surface area contributed by atoms with E-state index in [0.717, 1.165) is 45.9 Å². The molecule has 65 heavy (non-hydrogen) atoms. The third-order valence-electron chi connectivity index (χ3n) is 8.55. The maximum Gasteiger partial charge on any atom is 1.00 e. The summed E-state index contributed by atoms with van der Waals surface area (Å²) in [5.74, 6) is -5.15. The van der Waals surface area contributed by atoms with Gasteiger partial charge in [-0.15, -0.1) is 32.1 Å². The Balaban J connectivity index is 0.00000281. The van der Waals surface area contributed by atoms with Crippen LogP contribution in [0, 0.1) is 31.8 Å². The molecule has 7 aromatic rings. The van der Waals surface area contributed by atoms with Gasteiger partial charge in [-0.3, -0.25) is 0 Å². The van der Waals surface area contributed by atoms with Crippen LogP contribution >= 0.6 is 0 Å². The Morgan fingerprint density at radius 2 is 1.15 bits per heavy atom. The summed E-state index contributed by atoms with van der Waals surface area (Å²) in [5.41, 5.74) is 11.8. The van der Waals surface area contributed by atoms with Crippen molar-refractivity contribution in [2.75, 3.05) is 11.5 Å². The maximum absolute atomic E-state index is 11.6. The van der Waals surface area contributed by atoms with Crippen molar-refractivity contribution in [3.05, 3.63) is 112 Å². The van der Waals surface area contributed by atoms with Crippen LogP contribution in [0.3, 0.4) is 0 Å². The molecule has 0 unspecified atom stereocenters. The smallest absolute Gasteiger partial charge is 0.546 e. The molecule has 5 heterocycles. The number of carboxylic acids is 3. The molecule has 0 bridgehead atoms. The first-order chi connectivity index (χ1) is 29.2. The number of nitrogens with zero attached hydrogens (tertiary/aromatic N) is 16. The number of carboxylic acid groups (broad SMARTS) is 3. The van der Waals surface area contributed by atoms with Gasteiger partial charge in [-0.2, -0.15) is 41.1 Å². The second kappa shape index (κ2) is 21.3. The molecule has 300 valence electrons. The second-order valence-electron chi connectivity index (χ2n) is 12.4. The fourth-order valence-corrected chi connectivity index (χ4v) is 5.71. The molecular formula is C36H20Li4N18O7. The van der Waals surface area contributed by atoms with E-state index >= 15 is 0 Å². The van der Waals surface area contributed by atoms with Crippen LogP contribution in [0.1, 0.15) is 53.6 Å². The number of aromatic nitrogens is 10. The number of nitriles is 1. The molecule has 0 radical (unpaired) electrons. The van der Waals surface area contributed by atoms with Gasteiger partial charge in [0, 0.05) is 11.8 Å². The Labute approximate surface area is 412 Å². The Morgan fingerprint density at radius 3 is 1.63 bits per heavy atom. The van der Waals surface area contributed by atoms with Crippen molar-refractivity contribution in [2.45, 2.75) is 13.8 Å². The van der Waals surface area contributed by atoms with Crippen LogP contribution in [0.5, 0.6) is 0 Å². The van der Waals surface area contributed by atoms with Crippen molar-refractivity contribution in [3.8, 4) is 29.1 Å². The number of nitrogen functional groups attached to an aromatic ring is 2. The van der Waals surface area contributed by atoms with Crippen LogP contribution in [0.2, 0.25) is 0 Å². The number of hydrogen-bond acceptors (Lipinski definition) is 20. The largest absolute Gasteiger partial charge is 1.00 e. The Morgan fingerprint density at radius 1 is 0.692 bits per heavy atom. The van der Waals surface area contributed by atoms with E-state index in [-0.39, 0.29) is 167 Å². The number of carbonyl (C=O) groups excluding carboxylic acids is 4.